The number of carbonyl (C=O) groups excluding carboxylic acids is 2. The number of esters is 1. The molecule has 0 atom stereocenters. The number of halogens is 1. The van der Waals surface area contributed by atoms with Crippen LogP contribution >= 0.6 is 15.9 Å². The van der Waals surface area contributed by atoms with Gasteiger partial charge < -0.3 is 9.47 Å². The first kappa shape index (κ1) is 17.2. The largest absolute Gasteiger partial charge is 0.490 e. The lowest BCUT2D eigenvalue weighted by Crippen LogP contribution is -2.15. The van der Waals surface area contributed by atoms with Crippen molar-refractivity contribution in [3.8, 4) is 11.5 Å². The monoisotopic (exact) mass is 376 g/mol. The molecule has 0 spiro atoms. The summed E-state index contributed by atoms with van der Waals surface area (Å²) in [5, 5.41) is 0. The van der Waals surface area contributed by atoms with Crippen LogP contribution < -0.4 is 9.47 Å². The molecule has 0 unspecified atom stereocenters. The molecule has 0 aliphatic heterocycles. The molecular weight excluding hydrogens is 360 g/mol. The number of ether oxygens (including phenoxy) is 2. The fourth-order valence-electron chi connectivity index (χ4n) is 2.02. The summed E-state index contributed by atoms with van der Waals surface area (Å²) in [6.07, 6.45) is -0.0766. The third-order valence-electron chi connectivity index (χ3n) is 2.99. The quantitative estimate of drug-likeness (QED) is 0.432. The molecule has 4 nitrogen and oxygen atoms in total. The molecular formula is C18H17BrO4. The van der Waals surface area contributed by atoms with Gasteiger partial charge in [0.05, 0.1) is 11.7 Å². The number of para-hydroxylation sites is 1. The molecule has 0 saturated carbocycles. The van der Waals surface area contributed by atoms with Gasteiger partial charge in [-0.05, 0) is 51.1 Å². The van der Waals surface area contributed by atoms with E-state index in [9.17, 15) is 9.59 Å². The number of benzene rings is 2. The maximum absolute atomic E-state index is 12.5. The van der Waals surface area contributed by atoms with Crippen molar-refractivity contribution >= 4 is 27.7 Å². The lowest BCUT2D eigenvalue weighted by molar-refractivity contribution is 0.0726. The summed E-state index contributed by atoms with van der Waals surface area (Å²) in [6.45, 7) is 5.18. The number of hydrogen-bond acceptors (Lipinski definition) is 4. The molecule has 0 aliphatic carbocycles. The lowest BCUT2D eigenvalue weighted by atomic mass is 10.1. The Balaban J connectivity index is 2.35. The minimum absolute atomic E-state index is 0.0766. The van der Waals surface area contributed by atoms with Crippen molar-refractivity contribution in [2.75, 3.05) is 0 Å². The van der Waals surface area contributed by atoms with Gasteiger partial charge in [0.1, 0.15) is 17.1 Å². The summed E-state index contributed by atoms with van der Waals surface area (Å²) in [5.41, 5.74) is 0.661. The second kappa shape index (κ2) is 7.42. The smallest absolute Gasteiger partial charge is 0.347 e. The third kappa shape index (κ3) is 4.42. The molecule has 2 aromatic carbocycles. The van der Waals surface area contributed by atoms with Crippen molar-refractivity contribution in [1.82, 2.24) is 0 Å². The Bertz CT molecular complexity index is 738. The Hall–Kier alpha value is -2.14. The fourth-order valence-corrected chi connectivity index (χ4v) is 2.38. The van der Waals surface area contributed by atoms with Crippen molar-refractivity contribution in [2.24, 2.45) is 0 Å². The van der Waals surface area contributed by atoms with Crippen molar-refractivity contribution in [3.05, 3.63) is 58.1 Å². The predicted octanol–water partition coefficient (Wildman–Crippen LogP) is 4.66. The third-order valence-corrected chi connectivity index (χ3v) is 3.49. The van der Waals surface area contributed by atoms with Gasteiger partial charge in [-0.2, -0.15) is 0 Å². The van der Waals surface area contributed by atoms with Gasteiger partial charge in [0.2, 0.25) is 0 Å². The summed E-state index contributed by atoms with van der Waals surface area (Å²) in [5.74, 6) is -0.0640. The van der Waals surface area contributed by atoms with Gasteiger partial charge in [0.25, 0.3) is 0 Å². The van der Waals surface area contributed by atoms with E-state index in [4.69, 9.17) is 9.47 Å². The SMILES string of the molecule is CC(=O)c1ccccc1OC(=O)c1cc(Br)ccc1OC(C)C. The van der Waals surface area contributed by atoms with E-state index in [1.807, 2.05) is 13.8 Å². The highest BCUT2D eigenvalue weighted by Crippen LogP contribution is 2.27. The number of hydrogen-bond donors (Lipinski definition) is 0. The number of carbonyl (C=O) groups is 2. The second-order valence-corrected chi connectivity index (χ2v) is 6.16. The summed E-state index contributed by atoms with van der Waals surface area (Å²) >= 11 is 3.34. The van der Waals surface area contributed by atoms with E-state index in [0.29, 0.717) is 16.9 Å². The molecule has 0 N–H and O–H groups in total. The maximum atomic E-state index is 12.5. The number of ketones is 1. The van der Waals surface area contributed by atoms with Crippen LogP contribution in [-0.4, -0.2) is 17.9 Å². The van der Waals surface area contributed by atoms with Crippen LogP contribution in [0.4, 0.5) is 0 Å². The normalized spacial score (nSPS) is 10.5. The van der Waals surface area contributed by atoms with Gasteiger partial charge in [-0.15, -0.1) is 0 Å². The highest BCUT2D eigenvalue weighted by Gasteiger charge is 2.18. The zero-order valence-corrected chi connectivity index (χ0v) is 14.7. The van der Waals surface area contributed by atoms with E-state index in [1.54, 1.807) is 42.5 Å². The van der Waals surface area contributed by atoms with E-state index in [-0.39, 0.29) is 17.6 Å². The molecule has 0 aromatic heterocycles. The molecule has 2 rings (SSSR count). The molecule has 0 heterocycles. The van der Waals surface area contributed by atoms with Crippen LogP contribution in [0.5, 0.6) is 11.5 Å². The van der Waals surface area contributed by atoms with Gasteiger partial charge in [0.15, 0.2) is 5.78 Å². The standard InChI is InChI=1S/C18H17BrO4/c1-11(2)22-17-9-8-13(19)10-15(17)18(21)23-16-7-5-4-6-14(16)12(3)20/h4-11H,1-3H3. The fraction of sp³-hybridized carbons (Fsp3) is 0.222. The van der Waals surface area contributed by atoms with E-state index in [2.05, 4.69) is 15.9 Å². The topological polar surface area (TPSA) is 52.6 Å². The van der Waals surface area contributed by atoms with Crippen molar-refractivity contribution in [1.29, 1.82) is 0 Å². The zero-order chi connectivity index (χ0) is 17.0. The Kier molecular flexibility index (Phi) is 5.55. The summed E-state index contributed by atoms with van der Waals surface area (Å²) in [6, 6.07) is 11.8. The first-order valence-corrected chi connectivity index (χ1v) is 7.96. The molecule has 0 saturated heterocycles. The molecule has 0 fully saturated rings. The van der Waals surface area contributed by atoms with Crippen LogP contribution in [0, 0.1) is 0 Å². The first-order valence-electron chi connectivity index (χ1n) is 7.17. The molecule has 120 valence electrons. The minimum atomic E-state index is -0.573. The van der Waals surface area contributed by atoms with Crippen LogP contribution in [-0.2, 0) is 0 Å². The summed E-state index contributed by atoms with van der Waals surface area (Å²) in [4.78, 5) is 24.1. The molecule has 0 aliphatic rings. The summed E-state index contributed by atoms with van der Waals surface area (Å²) < 4.78 is 11.8. The van der Waals surface area contributed by atoms with Gasteiger partial charge in [0, 0.05) is 4.47 Å². The van der Waals surface area contributed by atoms with Gasteiger partial charge >= 0.3 is 5.97 Å². The molecule has 2 aromatic rings. The Morgan fingerprint density at radius 1 is 1.00 bits per heavy atom. The summed E-state index contributed by atoms with van der Waals surface area (Å²) in [7, 11) is 0. The van der Waals surface area contributed by atoms with Gasteiger partial charge in [-0.25, -0.2) is 4.79 Å². The van der Waals surface area contributed by atoms with E-state index >= 15 is 0 Å². The van der Waals surface area contributed by atoms with E-state index < -0.39 is 5.97 Å². The minimum Gasteiger partial charge on any atom is -0.490 e. The van der Waals surface area contributed by atoms with Gasteiger partial charge in [-0.3, -0.25) is 4.79 Å². The molecule has 5 heteroatoms. The van der Waals surface area contributed by atoms with E-state index in [1.165, 1.54) is 6.92 Å². The van der Waals surface area contributed by atoms with Crippen molar-refractivity contribution in [3.63, 3.8) is 0 Å². The first-order chi connectivity index (χ1) is 10.9. The van der Waals surface area contributed by atoms with Crippen LogP contribution in [0.15, 0.2) is 46.9 Å². The molecule has 0 radical (unpaired) electrons. The van der Waals surface area contributed by atoms with Crippen LogP contribution in [0.25, 0.3) is 0 Å². The van der Waals surface area contributed by atoms with Crippen LogP contribution in [0.2, 0.25) is 0 Å². The van der Waals surface area contributed by atoms with Crippen LogP contribution in [0.1, 0.15) is 41.5 Å². The maximum Gasteiger partial charge on any atom is 0.347 e. The Morgan fingerprint density at radius 2 is 1.70 bits per heavy atom. The average Bonchev–Trinajstić information content (AvgIpc) is 2.49. The molecule has 0 bridgehead atoms. The number of Topliss-reactive ketones (excluding diaryl/α,β-unsaturated/α-hetero) is 1. The molecule has 0 amide bonds. The highest BCUT2D eigenvalue weighted by atomic mass is 79.9. The zero-order valence-electron chi connectivity index (χ0n) is 13.1. The molecule has 23 heavy (non-hydrogen) atoms. The average molecular weight is 377 g/mol. The Morgan fingerprint density at radius 3 is 2.35 bits per heavy atom. The highest BCUT2D eigenvalue weighted by molar-refractivity contribution is 9.10. The lowest BCUT2D eigenvalue weighted by Gasteiger charge is -2.14. The van der Waals surface area contributed by atoms with E-state index in [0.717, 1.165) is 4.47 Å². The van der Waals surface area contributed by atoms with Gasteiger partial charge in [-0.1, -0.05) is 28.1 Å². The Labute approximate surface area is 143 Å². The second-order valence-electron chi connectivity index (χ2n) is 5.25. The number of rotatable bonds is 5. The van der Waals surface area contributed by atoms with Crippen molar-refractivity contribution in [2.45, 2.75) is 26.9 Å². The predicted molar refractivity (Wildman–Crippen MR) is 91.3 cm³/mol. The van der Waals surface area contributed by atoms with Crippen LogP contribution in [0.3, 0.4) is 0 Å². The van der Waals surface area contributed by atoms with Crippen molar-refractivity contribution < 1.29 is 19.1 Å².